The number of furan rings is 1. The van der Waals surface area contributed by atoms with Gasteiger partial charge in [-0.1, -0.05) is 11.8 Å². The van der Waals surface area contributed by atoms with E-state index >= 15 is 0 Å². The zero-order valence-electron chi connectivity index (χ0n) is 11.7. The van der Waals surface area contributed by atoms with Gasteiger partial charge in [-0.3, -0.25) is 4.79 Å². The zero-order valence-corrected chi connectivity index (χ0v) is 11.7. The van der Waals surface area contributed by atoms with Crippen LogP contribution in [0, 0.1) is 18.8 Å². The van der Waals surface area contributed by atoms with Gasteiger partial charge in [0, 0.05) is 12.6 Å². The second-order valence-corrected chi connectivity index (χ2v) is 4.37. The number of aliphatic hydroxyl groups is 1. The van der Waals surface area contributed by atoms with Crippen LogP contribution >= 0.6 is 0 Å². The largest absolute Gasteiger partial charge is 0.465 e. The second-order valence-electron chi connectivity index (χ2n) is 4.37. The molecule has 2 rings (SSSR count). The lowest BCUT2D eigenvalue weighted by Gasteiger charge is -2.04. The quantitative estimate of drug-likeness (QED) is 0.837. The number of amides is 1. The van der Waals surface area contributed by atoms with E-state index in [0.717, 1.165) is 5.76 Å². The Morgan fingerprint density at radius 3 is 3.00 bits per heavy atom. The van der Waals surface area contributed by atoms with Crippen LogP contribution in [0.1, 0.15) is 34.0 Å². The topological polar surface area (TPSA) is 75.4 Å². The first-order valence-corrected chi connectivity index (χ1v) is 6.59. The molecule has 0 aromatic carbocycles. The van der Waals surface area contributed by atoms with E-state index in [9.17, 15) is 4.79 Å². The fourth-order valence-corrected chi connectivity index (χ4v) is 1.73. The van der Waals surface area contributed by atoms with Crippen LogP contribution in [0.5, 0.6) is 0 Å². The molecule has 0 saturated heterocycles. The summed E-state index contributed by atoms with van der Waals surface area (Å²) in [5.41, 5.74) is 0.810. The number of carbonyl (C=O) groups is 1. The van der Waals surface area contributed by atoms with E-state index in [4.69, 9.17) is 9.52 Å². The standard InChI is InChI=1S/C16H16N2O3/c1-12-7-8-14(21-12)11-18-16(20)15-13(5-2-3-10-19)6-4-9-17-15/h4,6-9,19H,3,10-11H2,1H3,(H,18,20). The van der Waals surface area contributed by atoms with Crippen molar-refractivity contribution in [1.29, 1.82) is 0 Å². The fraction of sp³-hybridized carbons (Fsp3) is 0.250. The molecule has 0 unspecified atom stereocenters. The maximum Gasteiger partial charge on any atom is 0.271 e. The summed E-state index contributed by atoms with van der Waals surface area (Å²) in [5, 5.41) is 11.5. The van der Waals surface area contributed by atoms with Crippen molar-refractivity contribution in [1.82, 2.24) is 10.3 Å². The predicted molar refractivity (Wildman–Crippen MR) is 77.4 cm³/mol. The number of aliphatic hydroxyl groups excluding tert-OH is 1. The van der Waals surface area contributed by atoms with Crippen molar-refractivity contribution in [3.63, 3.8) is 0 Å². The summed E-state index contributed by atoms with van der Waals surface area (Å²) in [6, 6.07) is 7.10. The Morgan fingerprint density at radius 1 is 1.43 bits per heavy atom. The van der Waals surface area contributed by atoms with Gasteiger partial charge in [-0.25, -0.2) is 4.98 Å². The van der Waals surface area contributed by atoms with E-state index in [1.165, 1.54) is 0 Å². The molecule has 2 N–H and O–H groups in total. The molecule has 0 spiro atoms. The molecule has 21 heavy (non-hydrogen) atoms. The highest BCUT2D eigenvalue weighted by atomic mass is 16.3. The van der Waals surface area contributed by atoms with Crippen molar-refractivity contribution in [3.8, 4) is 11.8 Å². The molecule has 5 heteroatoms. The number of nitrogens with one attached hydrogen (secondary N) is 1. The van der Waals surface area contributed by atoms with E-state index < -0.39 is 0 Å². The average Bonchev–Trinajstić information content (AvgIpc) is 2.91. The molecular formula is C16H16N2O3. The first-order valence-electron chi connectivity index (χ1n) is 6.59. The summed E-state index contributed by atoms with van der Waals surface area (Å²) in [6.45, 7) is 2.14. The van der Waals surface area contributed by atoms with Gasteiger partial charge in [-0.15, -0.1) is 0 Å². The Labute approximate surface area is 123 Å². The number of aryl methyl sites for hydroxylation is 1. The molecule has 108 valence electrons. The number of carbonyl (C=O) groups excluding carboxylic acids is 1. The van der Waals surface area contributed by atoms with Gasteiger partial charge < -0.3 is 14.8 Å². The van der Waals surface area contributed by atoms with Gasteiger partial charge in [0.05, 0.1) is 18.7 Å². The summed E-state index contributed by atoms with van der Waals surface area (Å²) in [5.74, 6) is 6.80. The van der Waals surface area contributed by atoms with Crippen molar-refractivity contribution in [2.24, 2.45) is 0 Å². The first kappa shape index (κ1) is 14.8. The molecule has 0 atom stereocenters. The highest BCUT2D eigenvalue weighted by Crippen LogP contribution is 2.07. The highest BCUT2D eigenvalue weighted by molar-refractivity contribution is 5.94. The Hall–Kier alpha value is -2.58. The third kappa shape index (κ3) is 4.20. The summed E-state index contributed by atoms with van der Waals surface area (Å²) in [4.78, 5) is 16.2. The molecule has 2 heterocycles. The van der Waals surface area contributed by atoms with Crippen LogP contribution in [0.3, 0.4) is 0 Å². The van der Waals surface area contributed by atoms with E-state index in [1.54, 1.807) is 18.3 Å². The second kappa shape index (κ2) is 7.27. The van der Waals surface area contributed by atoms with E-state index in [2.05, 4.69) is 22.1 Å². The maximum atomic E-state index is 12.1. The number of pyridine rings is 1. The molecule has 0 radical (unpaired) electrons. The lowest BCUT2D eigenvalue weighted by atomic mass is 10.2. The van der Waals surface area contributed by atoms with Gasteiger partial charge in [0.1, 0.15) is 17.2 Å². The molecule has 0 fully saturated rings. The van der Waals surface area contributed by atoms with Crippen LogP contribution in [0.25, 0.3) is 0 Å². The highest BCUT2D eigenvalue weighted by Gasteiger charge is 2.11. The van der Waals surface area contributed by atoms with Crippen LogP contribution in [0.15, 0.2) is 34.9 Å². The predicted octanol–water partition coefficient (Wildman–Crippen LogP) is 1.65. The molecule has 0 saturated carbocycles. The minimum Gasteiger partial charge on any atom is -0.465 e. The van der Waals surface area contributed by atoms with Gasteiger partial charge in [-0.05, 0) is 31.2 Å². The van der Waals surface area contributed by atoms with Crippen LogP contribution < -0.4 is 5.32 Å². The molecule has 1 amide bonds. The Kier molecular flexibility index (Phi) is 5.13. The first-order chi connectivity index (χ1) is 10.2. The van der Waals surface area contributed by atoms with Gasteiger partial charge >= 0.3 is 0 Å². The van der Waals surface area contributed by atoms with Gasteiger partial charge in [0.2, 0.25) is 0 Å². The maximum absolute atomic E-state index is 12.1. The number of aromatic nitrogens is 1. The lowest BCUT2D eigenvalue weighted by molar-refractivity contribution is 0.0942. The minimum atomic E-state index is -0.307. The van der Waals surface area contributed by atoms with Crippen LogP contribution in [0.4, 0.5) is 0 Å². The number of rotatable bonds is 4. The molecule has 0 aliphatic heterocycles. The zero-order chi connectivity index (χ0) is 15.1. The molecule has 0 aliphatic carbocycles. The molecule has 0 bridgehead atoms. The van der Waals surface area contributed by atoms with Crippen molar-refractivity contribution in [3.05, 3.63) is 53.2 Å². The van der Waals surface area contributed by atoms with E-state index in [0.29, 0.717) is 24.3 Å². The molecular weight excluding hydrogens is 268 g/mol. The fourth-order valence-electron chi connectivity index (χ4n) is 1.73. The summed E-state index contributed by atoms with van der Waals surface area (Å²) in [7, 11) is 0. The third-order valence-electron chi connectivity index (χ3n) is 2.70. The monoisotopic (exact) mass is 284 g/mol. The normalized spacial score (nSPS) is 9.81. The molecule has 5 nitrogen and oxygen atoms in total. The van der Waals surface area contributed by atoms with Crippen molar-refractivity contribution < 1.29 is 14.3 Å². The summed E-state index contributed by atoms with van der Waals surface area (Å²) < 4.78 is 5.39. The molecule has 2 aromatic heterocycles. The van der Waals surface area contributed by atoms with Gasteiger partial charge in [0.15, 0.2) is 0 Å². The van der Waals surface area contributed by atoms with Crippen molar-refractivity contribution in [2.45, 2.75) is 19.9 Å². The Bertz CT molecular complexity index is 680. The number of hydrogen-bond acceptors (Lipinski definition) is 4. The molecule has 0 aliphatic rings. The van der Waals surface area contributed by atoms with E-state index in [1.807, 2.05) is 19.1 Å². The van der Waals surface area contributed by atoms with Crippen LogP contribution in [0.2, 0.25) is 0 Å². The van der Waals surface area contributed by atoms with Gasteiger partial charge in [0.25, 0.3) is 5.91 Å². The lowest BCUT2D eigenvalue weighted by Crippen LogP contribution is -2.24. The summed E-state index contributed by atoms with van der Waals surface area (Å²) in [6.07, 6.45) is 1.91. The smallest absolute Gasteiger partial charge is 0.271 e. The minimum absolute atomic E-state index is 0.00731. The number of hydrogen-bond donors (Lipinski definition) is 2. The third-order valence-corrected chi connectivity index (χ3v) is 2.70. The number of nitrogens with zero attached hydrogens (tertiary/aromatic N) is 1. The Balaban J connectivity index is 2.07. The van der Waals surface area contributed by atoms with E-state index in [-0.39, 0.29) is 18.2 Å². The van der Waals surface area contributed by atoms with Crippen molar-refractivity contribution >= 4 is 5.91 Å². The average molecular weight is 284 g/mol. The SMILES string of the molecule is Cc1ccc(CNC(=O)c2ncccc2C#CCCO)o1. The molecule has 2 aromatic rings. The van der Waals surface area contributed by atoms with Gasteiger partial charge in [-0.2, -0.15) is 0 Å². The Morgan fingerprint density at radius 2 is 2.29 bits per heavy atom. The van der Waals surface area contributed by atoms with Crippen LogP contribution in [-0.4, -0.2) is 22.6 Å². The van der Waals surface area contributed by atoms with Crippen molar-refractivity contribution in [2.75, 3.05) is 6.61 Å². The van der Waals surface area contributed by atoms with Crippen LogP contribution in [-0.2, 0) is 6.54 Å². The summed E-state index contributed by atoms with van der Waals surface area (Å²) >= 11 is 0.